The van der Waals surface area contributed by atoms with Crippen LogP contribution in [0.25, 0.3) is 0 Å². The van der Waals surface area contributed by atoms with Crippen molar-refractivity contribution in [2.75, 3.05) is 26.4 Å². The number of hydrogen-bond acceptors (Lipinski definition) is 6. The molecule has 0 bridgehead atoms. The average Bonchev–Trinajstić information content (AvgIpc) is 2.86. The first kappa shape index (κ1) is 17.4. The summed E-state index contributed by atoms with van der Waals surface area (Å²) in [5.74, 6) is -1.23. The van der Waals surface area contributed by atoms with Gasteiger partial charge in [-0.3, -0.25) is 4.79 Å². The number of alkyl halides is 3. The highest BCUT2D eigenvalue weighted by molar-refractivity contribution is 7.11. The van der Waals surface area contributed by atoms with Crippen molar-refractivity contribution in [2.24, 2.45) is 0 Å². The van der Waals surface area contributed by atoms with Crippen molar-refractivity contribution >= 4 is 23.2 Å². The van der Waals surface area contributed by atoms with E-state index in [2.05, 4.69) is 15.0 Å². The summed E-state index contributed by atoms with van der Waals surface area (Å²) >= 11 is 0.947. The van der Waals surface area contributed by atoms with Gasteiger partial charge in [0, 0.05) is 11.9 Å². The second-order valence-corrected chi connectivity index (χ2v) is 4.54. The van der Waals surface area contributed by atoms with Gasteiger partial charge >= 0.3 is 12.1 Å². The molecule has 0 aliphatic rings. The Morgan fingerprint density at radius 2 is 2.14 bits per heavy atom. The molecule has 1 amide bonds. The van der Waals surface area contributed by atoms with Gasteiger partial charge in [-0.2, -0.15) is 13.2 Å². The number of nitrogens with one attached hydrogen (secondary N) is 1. The molecule has 0 radical (unpaired) electrons. The maximum atomic E-state index is 11.8. The summed E-state index contributed by atoms with van der Waals surface area (Å²) in [7, 11) is 0. The van der Waals surface area contributed by atoms with Crippen molar-refractivity contribution in [2.45, 2.75) is 13.1 Å². The summed E-state index contributed by atoms with van der Waals surface area (Å²) in [6, 6.07) is 0. The van der Waals surface area contributed by atoms with Gasteiger partial charge in [-0.15, -0.1) is 11.3 Å². The Hall–Kier alpha value is -1.68. The van der Waals surface area contributed by atoms with E-state index >= 15 is 0 Å². The van der Waals surface area contributed by atoms with Crippen molar-refractivity contribution in [1.29, 1.82) is 0 Å². The molecule has 1 heterocycles. The molecule has 0 saturated carbocycles. The van der Waals surface area contributed by atoms with E-state index in [0.29, 0.717) is 0 Å². The number of ether oxygens (including phenoxy) is 2. The zero-order valence-electron chi connectivity index (χ0n) is 11.0. The predicted molar refractivity (Wildman–Crippen MR) is 67.3 cm³/mol. The lowest BCUT2D eigenvalue weighted by atomic mass is 10.4. The Labute approximate surface area is 122 Å². The number of thiazole rings is 1. The Bertz CT molecular complexity index is 490. The molecule has 0 aliphatic heterocycles. The zero-order valence-corrected chi connectivity index (χ0v) is 11.8. The Kier molecular flexibility index (Phi) is 6.56. The quantitative estimate of drug-likeness (QED) is 0.609. The van der Waals surface area contributed by atoms with Gasteiger partial charge in [-0.25, -0.2) is 9.78 Å². The minimum Gasteiger partial charge on any atom is -0.461 e. The summed E-state index contributed by atoms with van der Waals surface area (Å²) < 4.78 is 44.4. The van der Waals surface area contributed by atoms with Crippen LogP contribution in [0.5, 0.6) is 0 Å². The topological polar surface area (TPSA) is 77.5 Å². The number of esters is 1. The summed E-state index contributed by atoms with van der Waals surface area (Å²) in [4.78, 5) is 26.7. The summed E-state index contributed by atoms with van der Waals surface area (Å²) in [6.45, 7) is 0.0877. The van der Waals surface area contributed by atoms with Crippen LogP contribution in [0.1, 0.15) is 27.2 Å². The molecule has 0 aliphatic carbocycles. The number of halogens is 3. The SMILES string of the molecule is CCOC(=O)c1nc(C(=O)NCCOCC(F)(F)F)cs1. The van der Waals surface area contributed by atoms with E-state index in [-0.39, 0.29) is 30.5 Å². The van der Waals surface area contributed by atoms with Gasteiger partial charge in [0.1, 0.15) is 12.3 Å². The second-order valence-electron chi connectivity index (χ2n) is 3.68. The third-order valence-electron chi connectivity index (χ3n) is 1.98. The van der Waals surface area contributed by atoms with Gasteiger partial charge in [0.15, 0.2) is 0 Å². The standard InChI is InChI=1S/C11H13F3N2O4S/c1-2-20-10(18)9-16-7(5-21-9)8(17)15-3-4-19-6-11(12,13)14/h5H,2-4,6H2,1H3,(H,15,17). The lowest BCUT2D eigenvalue weighted by molar-refractivity contribution is -0.173. The van der Waals surface area contributed by atoms with Gasteiger partial charge in [0.2, 0.25) is 5.01 Å². The molecule has 0 atom stereocenters. The number of carbonyl (C=O) groups excluding carboxylic acids is 2. The van der Waals surface area contributed by atoms with E-state index in [1.807, 2.05) is 0 Å². The molecule has 0 fully saturated rings. The van der Waals surface area contributed by atoms with Gasteiger partial charge in [0.25, 0.3) is 5.91 Å². The first-order valence-electron chi connectivity index (χ1n) is 5.89. The van der Waals surface area contributed by atoms with Crippen molar-refractivity contribution in [1.82, 2.24) is 10.3 Å². The molecule has 0 saturated heterocycles. The van der Waals surface area contributed by atoms with Crippen LogP contribution in [-0.2, 0) is 9.47 Å². The predicted octanol–water partition coefficient (Wildman–Crippen LogP) is 1.63. The number of aromatic nitrogens is 1. The Balaban J connectivity index is 2.34. The smallest absolute Gasteiger partial charge is 0.411 e. The highest BCUT2D eigenvalue weighted by Crippen LogP contribution is 2.14. The Morgan fingerprint density at radius 3 is 2.76 bits per heavy atom. The van der Waals surface area contributed by atoms with E-state index in [0.717, 1.165) is 11.3 Å². The van der Waals surface area contributed by atoms with E-state index in [9.17, 15) is 22.8 Å². The molecule has 21 heavy (non-hydrogen) atoms. The van der Waals surface area contributed by atoms with Crippen LogP contribution in [0.4, 0.5) is 13.2 Å². The summed E-state index contributed by atoms with van der Waals surface area (Å²) in [5, 5.41) is 3.73. The van der Waals surface area contributed by atoms with Crippen LogP contribution in [0.2, 0.25) is 0 Å². The van der Waals surface area contributed by atoms with Crippen LogP contribution in [0, 0.1) is 0 Å². The molecule has 0 spiro atoms. The van der Waals surface area contributed by atoms with Gasteiger partial charge in [-0.05, 0) is 6.92 Å². The number of hydrogen-bond donors (Lipinski definition) is 1. The third kappa shape index (κ3) is 6.54. The van der Waals surface area contributed by atoms with Crippen LogP contribution >= 0.6 is 11.3 Å². The highest BCUT2D eigenvalue weighted by Gasteiger charge is 2.27. The third-order valence-corrected chi connectivity index (χ3v) is 2.81. The maximum absolute atomic E-state index is 11.8. The molecule has 10 heteroatoms. The molecular formula is C11H13F3N2O4S. The normalized spacial score (nSPS) is 11.2. The molecular weight excluding hydrogens is 313 g/mol. The van der Waals surface area contributed by atoms with Gasteiger partial charge < -0.3 is 14.8 Å². The van der Waals surface area contributed by atoms with Crippen LogP contribution < -0.4 is 5.32 Å². The van der Waals surface area contributed by atoms with Crippen molar-refractivity contribution in [3.05, 3.63) is 16.1 Å². The number of amides is 1. The molecule has 0 unspecified atom stereocenters. The molecule has 1 aromatic rings. The molecule has 118 valence electrons. The Morgan fingerprint density at radius 1 is 1.43 bits per heavy atom. The fourth-order valence-electron chi connectivity index (χ4n) is 1.18. The summed E-state index contributed by atoms with van der Waals surface area (Å²) in [5.41, 5.74) is -0.00104. The largest absolute Gasteiger partial charge is 0.461 e. The monoisotopic (exact) mass is 326 g/mol. The lowest BCUT2D eigenvalue weighted by Gasteiger charge is -2.07. The average molecular weight is 326 g/mol. The fourth-order valence-corrected chi connectivity index (χ4v) is 1.87. The van der Waals surface area contributed by atoms with Crippen LogP contribution in [-0.4, -0.2) is 49.4 Å². The molecule has 1 aromatic heterocycles. The number of nitrogens with zero attached hydrogens (tertiary/aromatic N) is 1. The van der Waals surface area contributed by atoms with Crippen molar-refractivity contribution < 1.29 is 32.2 Å². The maximum Gasteiger partial charge on any atom is 0.411 e. The highest BCUT2D eigenvalue weighted by atomic mass is 32.1. The molecule has 0 aromatic carbocycles. The van der Waals surface area contributed by atoms with Gasteiger partial charge in [0.05, 0.1) is 13.2 Å². The first-order valence-corrected chi connectivity index (χ1v) is 6.76. The van der Waals surface area contributed by atoms with Crippen molar-refractivity contribution in [3.63, 3.8) is 0 Å². The van der Waals surface area contributed by atoms with E-state index < -0.39 is 24.7 Å². The van der Waals surface area contributed by atoms with E-state index in [1.54, 1.807) is 6.92 Å². The minimum absolute atomic E-state index is 0.00104. The molecule has 1 N–H and O–H groups in total. The van der Waals surface area contributed by atoms with E-state index in [1.165, 1.54) is 5.38 Å². The summed E-state index contributed by atoms with van der Waals surface area (Å²) in [6.07, 6.45) is -4.40. The number of rotatable bonds is 7. The zero-order chi connectivity index (χ0) is 15.9. The van der Waals surface area contributed by atoms with Crippen molar-refractivity contribution in [3.8, 4) is 0 Å². The fraction of sp³-hybridized carbons (Fsp3) is 0.545. The minimum atomic E-state index is -4.40. The lowest BCUT2D eigenvalue weighted by Crippen LogP contribution is -2.29. The second kappa shape index (κ2) is 7.93. The number of carbonyl (C=O) groups is 2. The van der Waals surface area contributed by atoms with Gasteiger partial charge in [-0.1, -0.05) is 0 Å². The van der Waals surface area contributed by atoms with Crippen LogP contribution in [0.15, 0.2) is 5.38 Å². The molecule has 1 rings (SSSR count). The first-order chi connectivity index (χ1) is 9.83. The van der Waals surface area contributed by atoms with Crippen LogP contribution in [0.3, 0.4) is 0 Å². The molecule has 6 nitrogen and oxygen atoms in total. The van der Waals surface area contributed by atoms with E-state index in [4.69, 9.17) is 4.74 Å².